The van der Waals surface area contributed by atoms with Gasteiger partial charge in [0.05, 0.1) is 6.04 Å². The summed E-state index contributed by atoms with van der Waals surface area (Å²) in [5.41, 5.74) is 0.0985. The first-order valence-corrected chi connectivity index (χ1v) is 15.6. The molecule has 4 aliphatic carbocycles. The highest BCUT2D eigenvalue weighted by Gasteiger charge is 2.55. The van der Waals surface area contributed by atoms with Gasteiger partial charge < -0.3 is 10.1 Å². The van der Waals surface area contributed by atoms with Crippen LogP contribution in [0.1, 0.15) is 116 Å². The van der Waals surface area contributed by atoms with Crippen molar-refractivity contribution < 1.29 is 18.7 Å². The van der Waals surface area contributed by atoms with Gasteiger partial charge in [-0.3, -0.25) is 9.69 Å². The summed E-state index contributed by atoms with van der Waals surface area (Å²) in [5.74, 6) is 1.82. The van der Waals surface area contributed by atoms with Crippen molar-refractivity contribution in [3.8, 4) is 0 Å². The van der Waals surface area contributed by atoms with Crippen molar-refractivity contribution in [2.75, 3.05) is 0 Å². The number of nitrogens with one attached hydrogen (secondary N) is 1. The minimum Gasteiger partial charge on any atom is -0.444 e. The van der Waals surface area contributed by atoms with Crippen LogP contribution in [-0.2, 0) is 14.9 Å². The largest absolute Gasteiger partial charge is 0.444 e. The quantitative estimate of drug-likeness (QED) is 0.431. The van der Waals surface area contributed by atoms with Gasteiger partial charge in [-0.15, -0.1) is 0 Å². The van der Waals surface area contributed by atoms with Crippen molar-refractivity contribution in [3.63, 3.8) is 0 Å². The number of ether oxygens (including phenoxy) is 1. The Morgan fingerprint density at radius 3 is 2.19 bits per heavy atom. The first-order chi connectivity index (χ1) is 19.7. The third-order valence-corrected chi connectivity index (χ3v) is 9.75. The fraction of sp³-hybridized carbons (Fsp3) is 0.647. The number of halogens is 1. The van der Waals surface area contributed by atoms with E-state index in [1.54, 1.807) is 17.2 Å². The number of nitrogens with zero attached hydrogens (tertiary/aromatic N) is 3. The van der Waals surface area contributed by atoms with Crippen molar-refractivity contribution in [2.24, 2.45) is 17.8 Å². The summed E-state index contributed by atoms with van der Waals surface area (Å²) in [5, 5.41) is 3.51. The molecule has 7 rings (SSSR count). The minimum absolute atomic E-state index is 0.142. The normalized spacial score (nSPS) is 32.2. The summed E-state index contributed by atoms with van der Waals surface area (Å²) >= 11 is 0. The molecule has 226 valence electrons. The van der Waals surface area contributed by atoms with E-state index in [1.165, 1.54) is 31.4 Å². The average molecular weight is 577 g/mol. The predicted molar refractivity (Wildman–Crippen MR) is 158 cm³/mol. The van der Waals surface area contributed by atoms with Gasteiger partial charge in [-0.05, 0) is 107 Å². The minimum atomic E-state index is -0.779. The van der Waals surface area contributed by atoms with Crippen LogP contribution in [0.25, 0.3) is 0 Å². The number of amides is 2. The van der Waals surface area contributed by atoms with Crippen LogP contribution in [0, 0.1) is 23.6 Å². The van der Waals surface area contributed by atoms with Crippen LogP contribution in [0.3, 0.4) is 0 Å². The smallest absolute Gasteiger partial charge is 0.411 e. The molecule has 2 aromatic rings. The molecule has 42 heavy (non-hydrogen) atoms. The van der Waals surface area contributed by atoms with Gasteiger partial charge in [0.15, 0.2) is 0 Å². The zero-order chi connectivity index (χ0) is 30.0. The van der Waals surface area contributed by atoms with Crippen LogP contribution >= 0.6 is 0 Å². The molecule has 5 fully saturated rings. The predicted octanol–water partition coefficient (Wildman–Crippen LogP) is 6.83. The van der Waals surface area contributed by atoms with Gasteiger partial charge in [0.1, 0.15) is 23.3 Å². The molecule has 8 heteroatoms. The maximum atomic E-state index is 14.7. The molecular formula is C34H45FN4O3. The van der Waals surface area contributed by atoms with Gasteiger partial charge in [-0.1, -0.05) is 32.9 Å². The average Bonchev–Trinajstić information content (AvgIpc) is 3.28. The third-order valence-electron chi connectivity index (χ3n) is 9.75. The maximum Gasteiger partial charge on any atom is 0.411 e. The lowest BCUT2D eigenvalue weighted by Gasteiger charge is -2.57. The number of rotatable bonds is 4. The van der Waals surface area contributed by atoms with Crippen LogP contribution in [0.15, 0.2) is 36.5 Å². The van der Waals surface area contributed by atoms with Crippen LogP contribution in [-0.4, -0.2) is 44.1 Å². The van der Waals surface area contributed by atoms with E-state index in [-0.39, 0.29) is 22.8 Å². The Morgan fingerprint density at radius 2 is 1.62 bits per heavy atom. The van der Waals surface area contributed by atoms with Gasteiger partial charge >= 0.3 is 6.09 Å². The lowest BCUT2D eigenvalue weighted by molar-refractivity contribution is -0.131. The second-order valence-corrected chi connectivity index (χ2v) is 15.5. The molecule has 2 heterocycles. The topological polar surface area (TPSA) is 84.4 Å². The van der Waals surface area contributed by atoms with Crippen LogP contribution in [0.4, 0.5) is 9.18 Å². The van der Waals surface area contributed by atoms with Crippen LogP contribution in [0.5, 0.6) is 0 Å². The Labute approximate surface area is 249 Å². The molecule has 0 spiro atoms. The number of benzene rings is 1. The van der Waals surface area contributed by atoms with Crippen molar-refractivity contribution in [2.45, 2.75) is 121 Å². The van der Waals surface area contributed by atoms with E-state index in [1.807, 2.05) is 32.9 Å². The molecule has 0 unspecified atom stereocenters. The van der Waals surface area contributed by atoms with Crippen molar-refractivity contribution in [1.82, 2.24) is 20.2 Å². The molecule has 7 nitrogen and oxygen atoms in total. The number of carbonyl (C=O) groups excluding carboxylic acids is 2. The van der Waals surface area contributed by atoms with Crippen LogP contribution in [0.2, 0.25) is 0 Å². The molecule has 5 aliphatic rings. The first-order valence-electron chi connectivity index (χ1n) is 15.6. The van der Waals surface area contributed by atoms with Gasteiger partial charge in [-0.25, -0.2) is 19.2 Å². The molecule has 4 bridgehead atoms. The van der Waals surface area contributed by atoms with E-state index in [9.17, 15) is 14.0 Å². The molecular weight excluding hydrogens is 531 g/mol. The Bertz CT molecular complexity index is 1330. The summed E-state index contributed by atoms with van der Waals surface area (Å²) in [4.78, 5) is 39.4. The van der Waals surface area contributed by atoms with Crippen molar-refractivity contribution in [1.29, 1.82) is 0 Å². The zero-order valence-electron chi connectivity index (χ0n) is 25.8. The monoisotopic (exact) mass is 576 g/mol. The zero-order valence-corrected chi connectivity index (χ0v) is 25.8. The number of carbonyl (C=O) groups is 2. The van der Waals surface area contributed by atoms with E-state index in [2.05, 4.69) is 31.1 Å². The van der Waals surface area contributed by atoms with E-state index >= 15 is 0 Å². The molecule has 2 amide bonds. The first kappa shape index (κ1) is 29.1. The summed E-state index contributed by atoms with van der Waals surface area (Å²) in [6, 6.07) is 6.77. The number of aromatic nitrogens is 2. The summed E-state index contributed by atoms with van der Waals surface area (Å²) < 4.78 is 20.6. The SMILES string of the molecule is CC(C)(C)OC(=O)N1[C@H](C(=O)NC23CC4CC(CC(C4)C2)C3)C[C@H](c2ccnc(C(C)(C)C)n2)[C@@H]1c1cccc(F)c1. The highest BCUT2D eigenvalue weighted by Crippen LogP contribution is 2.56. The summed E-state index contributed by atoms with van der Waals surface area (Å²) in [7, 11) is 0. The molecule has 0 radical (unpaired) electrons. The van der Waals surface area contributed by atoms with E-state index < -0.39 is 29.6 Å². The molecule has 3 atom stereocenters. The highest BCUT2D eigenvalue weighted by molar-refractivity contribution is 5.87. The molecule has 1 aliphatic heterocycles. The van der Waals surface area contributed by atoms with Gasteiger partial charge in [0.2, 0.25) is 5.91 Å². The van der Waals surface area contributed by atoms with E-state index in [0.717, 1.165) is 25.0 Å². The van der Waals surface area contributed by atoms with E-state index in [0.29, 0.717) is 35.6 Å². The highest BCUT2D eigenvalue weighted by atomic mass is 19.1. The Kier molecular flexibility index (Phi) is 7.13. The van der Waals surface area contributed by atoms with Crippen molar-refractivity contribution >= 4 is 12.0 Å². The Morgan fingerprint density at radius 1 is 0.976 bits per heavy atom. The van der Waals surface area contributed by atoms with Crippen molar-refractivity contribution in [3.05, 3.63) is 59.4 Å². The van der Waals surface area contributed by atoms with Gasteiger partial charge in [-0.2, -0.15) is 0 Å². The maximum absolute atomic E-state index is 14.7. The molecule has 1 saturated heterocycles. The number of likely N-dealkylation sites (tertiary alicyclic amines) is 1. The molecule has 1 aromatic heterocycles. The Balaban J connectivity index is 1.41. The standard InChI is InChI=1S/C34H45FN4O3/c1-32(2,3)30-36-11-10-26(37-30)25-16-27(29(40)38-34-17-20-12-21(18-34)14-22(13-20)19-34)39(31(41)42-33(4,5)6)28(25)23-8-7-9-24(35)15-23/h7-11,15,20-22,25,27-28H,12-14,16-19H2,1-6H3,(H,38,40)/t20?,21?,22?,25-,27+,28+,34?/m1/s1. The lowest BCUT2D eigenvalue weighted by Crippen LogP contribution is -2.62. The molecule has 1 N–H and O–H groups in total. The van der Waals surface area contributed by atoms with Gasteiger partial charge in [0.25, 0.3) is 0 Å². The summed E-state index contributed by atoms with van der Waals surface area (Å²) in [6.07, 6.45) is 8.40. The fourth-order valence-electron chi connectivity index (χ4n) is 8.57. The fourth-order valence-corrected chi connectivity index (χ4v) is 8.57. The third kappa shape index (κ3) is 5.66. The lowest BCUT2D eigenvalue weighted by atomic mass is 9.53. The second kappa shape index (κ2) is 10.3. The molecule has 4 saturated carbocycles. The molecule has 1 aromatic carbocycles. The summed E-state index contributed by atoms with van der Waals surface area (Å²) in [6.45, 7) is 11.6. The second-order valence-electron chi connectivity index (χ2n) is 15.5. The number of hydrogen-bond donors (Lipinski definition) is 1. The van der Waals surface area contributed by atoms with E-state index in [4.69, 9.17) is 9.72 Å². The number of hydrogen-bond acceptors (Lipinski definition) is 5. The van der Waals surface area contributed by atoms with Gasteiger partial charge in [0, 0.05) is 28.8 Å². The van der Waals surface area contributed by atoms with Crippen LogP contribution < -0.4 is 5.32 Å². The Hall–Kier alpha value is -3.03.